The van der Waals surface area contributed by atoms with Gasteiger partial charge >= 0.3 is 0 Å². The molecule has 2 heteroatoms. The van der Waals surface area contributed by atoms with Crippen molar-refractivity contribution in [2.75, 3.05) is 17.2 Å². The fourth-order valence-corrected chi connectivity index (χ4v) is 2.26. The van der Waals surface area contributed by atoms with Crippen LogP contribution in [0.4, 0.5) is 11.4 Å². The monoisotopic (exact) mass is 240 g/mol. The molecule has 94 valence electrons. The summed E-state index contributed by atoms with van der Waals surface area (Å²) in [6.07, 6.45) is 0. The van der Waals surface area contributed by atoms with Gasteiger partial charge in [0.25, 0.3) is 0 Å². The van der Waals surface area contributed by atoms with E-state index in [2.05, 4.69) is 61.2 Å². The van der Waals surface area contributed by atoms with Crippen molar-refractivity contribution in [3.05, 3.63) is 60.2 Å². The lowest BCUT2D eigenvalue weighted by Crippen LogP contribution is -2.26. The standard InChI is InChI=1S/C16H20N2/c1-3-18(16-11-9-15(17)10-12-16)13(2)14-7-5-4-6-8-14/h4-13H,3,17H2,1-2H3. The minimum absolute atomic E-state index is 0.361. The maximum atomic E-state index is 5.74. The molecule has 2 rings (SSSR count). The van der Waals surface area contributed by atoms with E-state index >= 15 is 0 Å². The lowest BCUT2D eigenvalue weighted by Gasteiger charge is -2.30. The molecule has 2 aromatic carbocycles. The van der Waals surface area contributed by atoms with Crippen LogP contribution in [0.1, 0.15) is 25.5 Å². The van der Waals surface area contributed by atoms with Crippen LogP contribution in [0.25, 0.3) is 0 Å². The van der Waals surface area contributed by atoms with Gasteiger partial charge in [-0.2, -0.15) is 0 Å². The maximum Gasteiger partial charge on any atom is 0.0514 e. The third-order valence-electron chi connectivity index (χ3n) is 3.31. The first-order valence-electron chi connectivity index (χ1n) is 6.39. The second-order valence-electron chi connectivity index (χ2n) is 4.46. The van der Waals surface area contributed by atoms with E-state index in [1.165, 1.54) is 11.3 Å². The normalized spacial score (nSPS) is 12.1. The van der Waals surface area contributed by atoms with E-state index in [4.69, 9.17) is 5.73 Å². The molecule has 0 radical (unpaired) electrons. The number of rotatable bonds is 4. The number of nitrogens with two attached hydrogens (primary N) is 1. The minimum Gasteiger partial charge on any atom is -0.399 e. The zero-order chi connectivity index (χ0) is 13.0. The SMILES string of the molecule is CCN(c1ccc(N)cc1)C(C)c1ccccc1. The number of anilines is 2. The molecule has 0 saturated heterocycles. The molecule has 2 nitrogen and oxygen atoms in total. The van der Waals surface area contributed by atoms with Gasteiger partial charge in [0.15, 0.2) is 0 Å². The third-order valence-corrected chi connectivity index (χ3v) is 3.31. The highest BCUT2D eigenvalue weighted by Crippen LogP contribution is 2.26. The largest absolute Gasteiger partial charge is 0.399 e. The molecule has 2 N–H and O–H groups in total. The van der Waals surface area contributed by atoms with Crippen molar-refractivity contribution in [2.45, 2.75) is 19.9 Å². The summed E-state index contributed by atoms with van der Waals surface area (Å²) < 4.78 is 0. The number of hydrogen-bond donors (Lipinski definition) is 1. The Balaban J connectivity index is 2.26. The summed E-state index contributed by atoms with van der Waals surface area (Å²) in [5, 5.41) is 0. The molecular formula is C16H20N2. The lowest BCUT2D eigenvalue weighted by molar-refractivity contribution is 0.690. The summed E-state index contributed by atoms with van der Waals surface area (Å²) in [5.41, 5.74) is 9.09. The second-order valence-corrected chi connectivity index (χ2v) is 4.46. The van der Waals surface area contributed by atoms with Crippen molar-refractivity contribution >= 4 is 11.4 Å². The summed E-state index contributed by atoms with van der Waals surface area (Å²) in [4.78, 5) is 2.37. The summed E-state index contributed by atoms with van der Waals surface area (Å²) in [5.74, 6) is 0. The zero-order valence-electron chi connectivity index (χ0n) is 11.0. The maximum absolute atomic E-state index is 5.74. The van der Waals surface area contributed by atoms with Gasteiger partial charge in [0, 0.05) is 17.9 Å². The fourth-order valence-electron chi connectivity index (χ4n) is 2.26. The number of benzene rings is 2. The predicted octanol–water partition coefficient (Wildman–Crippen LogP) is 3.86. The van der Waals surface area contributed by atoms with Gasteiger partial charge in [-0.25, -0.2) is 0 Å². The van der Waals surface area contributed by atoms with Gasteiger partial charge in [-0.05, 0) is 43.7 Å². The molecule has 0 fully saturated rings. The lowest BCUT2D eigenvalue weighted by atomic mass is 10.1. The number of hydrogen-bond acceptors (Lipinski definition) is 2. The topological polar surface area (TPSA) is 29.3 Å². The minimum atomic E-state index is 0.361. The fraction of sp³-hybridized carbons (Fsp3) is 0.250. The molecule has 0 saturated carbocycles. The van der Waals surface area contributed by atoms with Gasteiger partial charge in [0.1, 0.15) is 0 Å². The van der Waals surface area contributed by atoms with E-state index in [1.807, 2.05) is 12.1 Å². The Morgan fingerprint density at radius 2 is 1.61 bits per heavy atom. The van der Waals surface area contributed by atoms with Crippen LogP contribution < -0.4 is 10.6 Å². The van der Waals surface area contributed by atoms with Crippen molar-refractivity contribution < 1.29 is 0 Å². The Bertz CT molecular complexity index is 476. The van der Waals surface area contributed by atoms with E-state index in [-0.39, 0.29) is 0 Å². The first-order valence-corrected chi connectivity index (χ1v) is 6.39. The molecule has 18 heavy (non-hydrogen) atoms. The van der Waals surface area contributed by atoms with Crippen LogP contribution in [0.5, 0.6) is 0 Å². The molecule has 0 aromatic heterocycles. The average Bonchev–Trinajstić information content (AvgIpc) is 2.42. The summed E-state index contributed by atoms with van der Waals surface area (Å²) in [6.45, 7) is 5.38. The number of nitrogen functional groups attached to an aromatic ring is 1. The Labute approximate surface area is 109 Å². The Morgan fingerprint density at radius 1 is 1.00 bits per heavy atom. The first-order chi connectivity index (χ1) is 8.72. The molecule has 1 unspecified atom stereocenters. The van der Waals surface area contributed by atoms with Crippen molar-refractivity contribution in [1.29, 1.82) is 0 Å². The smallest absolute Gasteiger partial charge is 0.0514 e. The third kappa shape index (κ3) is 2.65. The van der Waals surface area contributed by atoms with Gasteiger partial charge in [-0.3, -0.25) is 0 Å². The average molecular weight is 240 g/mol. The van der Waals surface area contributed by atoms with Crippen LogP contribution in [0.3, 0.4) is 0 Å². The van der Waals surface area contributed by atoms with Crippen LogP contribution in [0.2, 0.25) is 0 Å². The predicted molar refractivity (Wildman–Crippen MR) is 78.7 cm³/mol. The number of nitrogens with zero attached hydrogens (tertiary/aromatic N) is 1. The van der Waals surface area contributed by atoms with Crippen molar-refractivity contribution in [2.24, 2.45) is 0 Å². The second kappa shape index (κ2) is 5.58. The van der Waals surface area contributed by atoms with E-state index in [0.717, 1.165) is 12.2 Å². The molecule has 2 aromatic rings. The summed E-state index contributed by atoms with van der Waals surface area (Å²) >= 11 is 0. The van der Waals surface area contributed by atoms with Crippen LogP contribution in [0, 0.1) is 0 Å². The van der Waals surface area contributed by atoms with Gasteiger partial charge in [0.2, 0.25) is 0 Å². The molecule has 0 aliphatic carbocycles. The van der Waals surface area contributed by atoms with Gasteiger partial charge in [-0.1, -0.05) is 30.3 Å². The Kier molecular flexibility index (Phi) is 3.88. The quantitative estimate of drug-likeness (QED) is 0.822. The molecule has 0 spiro atoms. The van der Waals surface area contributed by atoms with Crippen LogP contribution in [-0.4, -0.2) is 6.54 Å². The molecule has 0 aliphatic heterocycles. The summed E-state index contributed by atoms with van der Waals surface area (Å²) in [6, 6.07) is 19.0. The summed E-state index contributed by atoms with van der Waals surface area (Å²) in [7, 11) is 0. The molecule has 1 atom stereocenters. The van der Waals surface area contributed by atoms with Gasteiger partial charge in [-0.15, -0.1) is 0 Å². The Hall–Kier alpha value is -1.96. The highest BCUT2D eigenvalue weighted by molar-refractivity contribution is 5.54. The molecule has 0 aliphatic rings. The van der Waals surface area contributed by atoms with Gasteiger partial charge < -0.3 is 10.6 Å². The highest BCUT2D eigenvalue weighted by Gasteiger charge is 2.14. The molecule has 0 bridgehead atoms. The first kappa shape index (κ1) is 12.5. The molecular weight excluding hydrogens is 220 g/mol. The highest BCUT2D eigenvalue weighted by atomic mass is 15.1. The van der Waals surface area contributed by atoms with Crippen LogP contribution >= 0.6 is 0 Å². The molecule has 0 amide bonds. The van der Waals surface area contributed by atoms with Crippen LogP contribution in [0.15, 0.2) is 54.6 Å². The van der Waals surface area contributed by atoms with Crippen molar-refractivity contribution in [3.8, 4) is 0 Å². The van der Waals surface area contributed by atoms with E-state index in [0.29, 0.717) is 6.04 Å². The van der Waals surface area contributed by atoms with E-state index in [1.54, 1.807) is 0 Å². The Morgan fingerprint density at radius 3 is 2.17 bits per heavy atom. The molecule has 0 heterocycles. The van der Waals surface area contributed by atoms with Crippen molar-refractivity contribution in [1.82, 2.24) is 0 Å². The zero-order valence-corrected chi connectivity index (χ0v) is 11.0. The van der Waals surface area contributed by atoms with E-state index < -0.39 is 0 Å². The van der Waals surface area contributed by atoms with Crippen LogP contribution in [-0.2, 0) is 0 Å². The van der Waals surface area contributed by atoms with Gasteiger partial charge in [0.05, 0.1) is 6.04 Å². The van der Waals surface area contributed by atoms with Crippen molar-refractivity contribution in [3.63, 3.8) is 0 Å². The van der Waals surface area contributed by atoms with E-state index in [9.17, 15) is 0 Å².